The van der Waals surface area contributed by atoms with E-state index in [9.17, 15) is 4.79 Å². The minimum absolute atomic E-state index is 0.251. The fraction of sp³-hybridized carbons (Fsp3) is 0.923. The second-order valence-electron chi connectivity index (χ2n) is 6.15. The third-order valence-electron chi connectivity index (χ3n) is 4.83. The van der Waals surface area contributed by atoms with Crippen LogP contribution in [0.1, 0.15) is 32.1 Å². The van der Waals surface area contributed by atoms with Crippen molar-refractivity contribution in [2.24, 2.45) is 11.3 Å². The highest BCUT2D eigenvalue weighted by molar-refractivity contribution is 7.80. The number of nitrogens with zero attached hydrogens (tertiary/aromatic N) is 1. The molecule has 4 rings (SSSR count). The number of piperidine rings is 3. The summed E-state index contributed by atoms with van der Waals surface area (Å²) in [5.41, 5.74) is 0.251. The summed E-state index contributed by atoms with van der Waals surface area (Å²) in [7, 11) is 0. The standard InChI is InChI=1S/C13H22N2OS/c16-12(7-13(9-17)3-4-13)14-11-8-15-5-1-10(11)2-6-15/h10-11,17H,1-9H2,(H,14,16). The van der Waals surface area contributed by atoms with Crippen LogP contribution in [0.5, 0.6) is 0 Å². The van der Waals surface area contributed by atoms with E-state index in [0.29, 0.717) is 12.5 Å². The molecule has 3 heterocycles. The molecule has 1 saturated carbocycles. The van der Waals surface area contributed by atoms with Crippen molar-refractivity contribution >= 4 is 18.5 Å². The number of hydrogen-bond donors (Lipinski definition) is 2. The lowest BCUT2D eigenvalue weighted by molar-refractivity contribution is -0.124. The van der Waals surface area contributed by atoms with Gasteiger partial charge in [-0.2, -0.15) is 12.6 Å². The van der Waals surface area contributed by atoms with Gasteiger partial charge in [0.2, 0.25) is 5.91 Å². The van der Waals surface area contributed by atoms with E-state index in [4.69, 9.17) is 0 Å². The first kappa shape index (κ1) is 11.8. The molecule has 0 aromatic carbocycles. The zero-order valence-corrected chi connectivity index (χ0v) is 11.2. The van der Waals surface area contributed by atoms with Crippen LogP contribution >= 0.6 is 12.6 Å². The van der Waals surface area contributed by atoms with Gasteiger partial charge in [0.1, 0.15) is 0 Å². The van der Waals surface area contributed by atoms with Crippen LogP contribution in [0.2, 0.25) is 0 Å². The predicted molar refractivity (Wildman–Crippen MR) is 71.2 cm³/mol. The van der Waals surface area contributed by atoms with E-state index in [2.05, 4.69) is 22.8 Å². The highest BCUT2D eigenvalue weighted by Gasteiger charge is 2.43. The van der Waals surface area contributed by atoms with Crippen molar-refractivity contribution in [2.75, 3.05) is 25.4 Å². The summed E-state index contributed by atoms with van der Waals surface area (Å²) in [5.74, 6) is 1.85. The van der Waals surface area contributed by atoms with E-state index in [0.717, 1.165) is 18.2 Å². The summed E-state index contributed by atoms with van der Waals surface area (Å²) < 4.78 is 0. The average molecular weight is 254 g/mol. The van der Waals surface area contributed by atoms with Crippen LogP contribution in [0.25, 0.3) is 0 Å². The molecule has 0 aromatic rings. The molecule has 3 saturated heterocycles. The fourth-order valence-corrected chi connectivity index (χ4v) is 3.72. The smallest absolute Gasteiger partial charge is 0.220 e. The maximum atomic E-state index is 12.0. The van der Waals surface area contributed by atoms with Crippen molar-refractivity contribution in [1.82, 2.24) is 10.2 Å². The van der Waals surface area contributed by atoms with Crippen molar-refractivity contribution in [1.29, 1.82) is 0 Å². The van der Waals surface area contributed by atoms with E-state index in [1.165, 1.54) is 38.8 Å². The number of carbonyl (C=O) groups is 1. The molecular formula is C13H22N2OS. The Bertz CT molecular complexity index is 309. The Balaban J connectivity index is 1.51. The molecule has 1 N–H and O–H groups in total. The third-order valence-corrected chi connectivity index (χ3v) is 5.50. The first-order valence-electron chi connectivity index (χ1n) is 6.83. The van der Waals surface area contributed by atoms with Gasteiger partial charge in [0.25, 0.3) is 0 Å². The maximum Gasteiger partial charge on any atom is 0.220 e. The zero-order chi connectivity index (χ0) is 11.9. The van der Waals surface area contributed by atoms with E-state index in [-0.39, 0.29) is 11.3 Å². The highest BCUT2D eigenvalue weighted by atomic mass is 32.1. The molecule has 3 nitrogen and oxygen atoms in total. The lowest BCUT2D eigenvalue weighted by atomic mass is 9.84. The Hall–Kier alpha value is -0.220. The van der Waals surface area contributed by atoms with Crippen molar-refractivity contribution < 1.29 is 4.79 Å². The summed E-state index contributed by atoms with van der Waals surface area (Å²) in [4.78, 5) is 14.5. The third kappa shape index (κ3) is 2.48. The minimum atomic E-state index is 0.251. The average Bonchev–Trinajstić information content (AvgIpc) is 3.11. The van der Waals surface area contributed by atoms with Gasteiger partial charge in [-0.25, -0.2) is 0 Å². The molecule has 1 atom stereocenters. The van der Waals surface area contributed by atoms with Gasteiger partial charge in [0.15, 0.2) is 0 Å². The van der Waals surface area contributed by atoms with Crippen LogP contribution in [0.4, 0.5) is 0 Å². The summed E-state index contributed by atoms with van der Waals surface area (Å²) >= 11 is 4.36. The van der Waals surface area contributed by atoms with Gasteiger partial charge in [-0.15, -0.1) is 0 Å². The molecule has 96 valence electrons. The minimum Gasteiger partial charge on any atom is -0.352 e. The van der Waals surface area contributed by atoms with Crippen LogP contribution in [-0.4, -0.2) is 42.2 Å². The summed E-state index contributed by atoms with van der Waals surface area (Å²) in [6.07, 6.45) is 5.60. The number of thiol groups is 1. The van der Waals surface area contributed by atoms with Crippen molar-refractivity contribution in [3.63, 3.8) is 0 Å². The molecule has 2 bridgehead atoms. The van der Waals surface area contributed by atoms with Crippen molar-refractivity contribution in [3.8, 4) is 0 Å². The number of carbonyl (C=O) groups excluding carboxylic acids is 1. The summed E-state index contributed by atoms with van der Waals surface area (Å²) in [6.45, 7) is 3.54. The van der Waals surface area contributed by atoms with Crippen LogP contribution in [0.15, 0.2) is 0 Å². The number of amides is 1. The van der Waals surface area contributed by atoms with Gasteiger partial charge < -0.3 is 10.2 Å². The van der Waals surface area contributed by atoms with E-state index >= 15 is 0 Å². The quantitative estimate of drug-likeness (QED) is 0.741. The Kier molecular flexibility index (Phi) is 3.11. The molecule has 0 spiro atoms. The van der Waals surface area contributed by atoms with E-state index in [1.54, 1.807) is 0 Å². The Morgan fingerprint density at radius 1 is 1.35 bits per heavy atom. The van der Waals surface area contributed by atoms with Crippen LogP contribution in [-0.2, 0) is 4.79 Å². The number of rotatable bonds is 4. The molecule has 1 aliphatic carbocycles. The largest absolute Gasteiger partial charge is 0.352 e. The predicted octanol–water partition coefficient (Wildman–Crippen LogP) is 1.30. The molecule has 0 radical (unpaired) electrons. The number of nitrogens with one attached hydrogen (secondary N) is 1. The molecule has 0 aromatic heterocycles. The van der Waals surface area contributed by atoms with E-state index < -0.39 is 0 Å². The normalized spacial score (nSPS) is 37.8. The first-order valence-corrected chi connectivity index (χ1v) is 7.47. The molecule has 4 fully saturated rings. The molecule has 4 heteroatoms. The lowest BCUT2D eigenvalue weighted by Crippen LogP contribution is -2.57. The van der Waals surface area contributed by atoms with Gasteiger partial charge in [-0.3, -0.25) is 4.79 Å². The molecule has 1 unspecified atom stereocenters. The second-order valence-corrected chi connectivity index (χ2v) is 6.46. The van der Waals surface area contributed by atoms with Gasteiger partial charge in [0, 0.05) is 19.0 Å². The van der Waals surface area contributed by atoms with Crippen LogP contribution in [0, 0.1) is 11.3 Å². The van der Waals surface area contributed by atoms with Gasteiger partial charge in [0.05, 0.1) is 0 Å². The van der Waals surface area contributed by atoms with Gasteiger partial charge in [-0.05, 0) is 55.9 Å². The number of fused-ring (bicyclic) bond motifs is 3. The van der Waals surface area contributed by atoms with E-state index in [1.807, 2.05) is 0 Å². The SMILES string of the molecule is O=C(CC1(CS)CC1)NC1CN2CCC1CC2. The Morgan fingerprint density at radius 3 is 2.53 bits per heavy atom. The number of hydrogen-bond acceptors (Lipinski definition) is 3. The molecular weight excluding hydrogens is 232 g/mol. The van der Waals surface area contributed by atoms with Crippen molar-refractivity contribution in [3.05, 3.63) is 0 Å². The Morgan fingerprint density at radius 2 is 2.06 bits per heavy atom. The fourth-order valence-electron chi connectivity index (χ4n) is 3.29. The molecule has 4 aliphatic rings. The van der Waals surface area contributed by atoms with Gasteiger partial charge >= 0.3 is 0 Å². The second kappa shape index (κ2) is 4.47. The lowest BCUT2D eigenvalue weighted by Gasteiger charge is -2.45. The molecule has 17 heavy (non-hydrogen) atoms. The maximum absolute atomic E-state index is 12.0. The zero-order valence-electron chi connectivity index (χ0n) is 10.3. The Labute approximate surface area is 109 Å². The van der Waals surface area contributed by atoms with Gasteiger partial charge in [-0.1, -0.05) is 0 Å². The van der Waals surface area contributed by atoms with Crippen LogP contribution in [0.3, 0.4) is 0 Å². The first-order chi connectivity index (χ1) is 8.21. The topological polar surface area (TPSA) is 32.3 Å². The summed E-state index contributed by atoms with van der Waals surface area (Å²) in [5, 5.41) is 3.27. The van der Waals surface area contributed by atoms with Crippen molar-refractivity contribution in [2.45, 2.75) is 38.1 Å². The molecule has 3 aliphatic heterocycles. The summed E-state index contributed by atoms with van der Waals surface area (Å²) in [6, 6.07) is 0.417. The highest BCUT2D eigenvalue weighted by Crippen LogP contribution is 2.49. The molecule has 1 amide bonds. The monoisotopic (exact) mass is 254 g/mol. The van der Waals surface area contributed by atoms with Crippen LogP contribution < -0.4 is 5.32 Å².